The molecule has 0 unspecified atom stereocenters. The monoisotopic (exact) mass is 358 g/mol. The van der Waals surface area contributed by atoms with Crippen LogP contribution in [0.15, 0.2) is 18.2 Å². The predicted molar refractivity (Wildman–Crippen MR) is 79.2 cm³/mol. The number of ether oxygens (including phenoxy) is 1. The molecule has 0 spiro atoms. The van der Waals surface area contributed by atoms with Gasteiger partial charge in [0.25, 0.3) is 0 Å². The molecule has 23 heavy (non-hydrogen) atoms. The van der Waals surface area contributed by atoms with E-state index in [2.05, 4.69) is 10.1 Å². The number of aliphatic hydroxyl groups is 1. The van der Waals surface area contributed by atoms with Crippen LogP contribution in [-0.4, -0.2) is 49.2 Å². The van der Waals surface area contributed by atoms with Crippen molar-refractivity contribution in [3.63, 3.8) is 0 Å². The second-order valence-electron chi connectivity index (χ2n) is 5.05. The Hall–Kier alpha value is -1.09. The molecule has 0 amide bonds. The molecule has 132 valence electrons. The van der Waals surface area contributed by atoms with Crippen LogP contribution < -0.4 is 10.1 Å². The zero-order chi connectivity index (χ0) is 16.2. The number of hydrogen-bond acceptors (Lipinski definition) is 4. The first-order valence-electron chi connectivity index (χ1n) is 7.01. The van der Waals surface area contributed by atoms with E-state index in [0.29, 0.717) is 26.2 Å². The highest BCUT2D eigenvalue weighted by molar-refractivity contribution is 5.85. The van der Waals surface area contributed by atoms with Gasteiger partial charge in [-0.15, -0.1) is 25.6 Å². The summed E-state index contributed by atoms with van der Waals surface area (Å²) >= 11 is 0. The van der Waals surface area contributed by atoms with Crippen molar-refractivity contribution in [2.75, 3.05) is 32.8 Å². The number of aliphatic hydroxyl groups excluding tert-OH is 1. The summed E-state index contributed by atoms with van der Waals surface area (Å²) in [5.74, 6) is -1.06. The van der Waals surface area contributed by atoms with Crippen LogP contribution in [-0.2, 0) is 0 Å². The van der Waals surface area contributed by atoms with E-state index in [1.807, 2.05) is 4.90 Å². The number of alkyl halides is 3. The number of halogens is 5. The highest BCUT2D eigenvalue weighted by atomic mass is 35.5. The lowest BCUT2D eigenvalue weighted by Gasteiger charge is -2.35. The van der Waals surface area contributed by atoms with Crippen molar-refractivity contribution in [2.45, 2.75) is 18.8 Å². The van der Waals surface area contributed by atoms with E-state index in [9.17, 15) is 22.7 Å². The molecule has 9 heteroatoms. The fourth-order valence-corrected chi connectivity index (χ4v) is 2.63. The third kappa shape index (κ3) is 5.80. The molecule has 1 atom stereocenters. The number of rotatable bonds is 5. The Bertz CT molecular complexity index is 496. The maximum atomic E-state index is 14.1. The number of hydrogen-bond donors (Lipinski definition) is 2. The van der Waals surface area contributed by atoms with E-state index in [-0.39, 0.29) is 31.0 Å². The number of nitrogens with zero attached hydrogens (tertiary/aromatic N) is 1. The first kappa shape index (κ1) is 20.0. The topological polar surface area (TPSA) is 44.7 Å². The van der Waals surface area contributed by atoms with E-state index in [1.165, 1.54) is 0 Å². The summed E-state index contributed by atoms with van der Waals surface area (Å²) in [7, 11) is 0. The summed E-state index contributed by atoms with van der Waals surface area (Å²) in [6, 6.07) is 2.48. The average Bonchev–Trinajstić information content (AvgIpc) is 2.46. The van der Waals surface area contributed by atoms with Crippen LogP contribution in [0.2, 0.25) is 0 Å². The molecule has 1 fully saturated rings. The Morgan fingerprint density at radius 3 is 2.48 bits per heavy atom. The molecular formula is C14H19ClF4N2O2. The van der Waals surface area contributed by atoms with Crippen LogP contribution in [0.4, 0.5) is 17.6 Å². The zero-order valence-electron chi connectivity index (χ0n) is 12.3. The Labute approximate surface area is 137 Å². The van der Waals surface area contributed by atoms with Crippen LogP contribution in [0, 0.1) is 5.82 Å². The molecule has 0 radical (unpaired) electrons. The van der Waals surface area contributed by atoms with Gasteiger partial charge in [0.1, 0.15) is 11.6 Å². The molecule has 4 nitrogen and oxygen atoms in total. The van der Waals surface area contributed by atoms with Gasteiger partial charge in [0, 0.05) is 44.4 Å². The molecule has 0 saturated carbocycles. The van der Waals surface area contributed by atoms with Gasteiger partial charge in [-0.3, -0.25) is 4.90 Å². The number of nitrogens with one attached hydrogen (secondary N) is 1. The van der Waals surface area contributed by atoms with Crippen LogP contribution in [0.25, 0.3) is 0 Å². The summed E-state index contributed by atoms with van der Waals surface area (Å²) in [6.07, 6.45) is -4.58. The van der Waals surface area contributed by atoms with Crippen molar-refractivity contribution >= 4 is 12.4 Å². The standard InChI is InChI=1S/C14H18F4N2O2.ClH/c15-12-2-1-10(22-14(16,17)18)9-11(12)13(3-8-21)20-6-4-19-5-7-20;/h1-2,9,13,19,21H,3-8H2;1H/t13-;/m1./s1. The van der Waals surface area contributed by atoms with Crippen LogP contribution in [0.3, 0.4) is 0 Å². The van der Waals surface area contributed by atoms with E-state index >= 15 is 0 Å². The van der Waals surface area contributed by atoms with E-state index in [4.69, 9.17) is 0 Å². The summed E-state index contributed by atoms with van der Waals surface area (Å²) in [5.41, 5.74) is 0.109. The fraction of sp³-hybridized carbons (Fsp3) is 0.571. The Kier molecular flexibility index (Phi) is 7.53. The molecule has 1 heterocycles. The van der Waals surface area contributed by atoms with Crippen LogP contribution in [0.1, 0.15) is 18.0 Å². The molecule has 1 aromatic carbocycles. The Morgan fingerprint density at radius 1 is 1.26 bits per heavy atom. The largest absolute Gasteiger partial charge is 0.573 e. The van der Waals surface area contributed by atoms with Crippen LogP contribution >= 0.6 is 12.4 Å². The molecule has 0 aliphatic carbocycles. The highest BCUT2D eigenvalue weighted by Crippen LogP contribution is 2.31. The Morgan fingerprint density at radius 2 is 1.91 bits per heavy atom. The van der Waals surface area contributed by atoms with Crippen molar-refractivity contribution in [1.29, 1.82) is 0 Å². The maximum Gasteiger partial charge on any atom is 0.573 e. The van der Waals surface area contributed by atoms with Crippen molar-refractivity contribution in [2.24, 2.45) is 0 Å². The number of benzene rings is 1. The molecule has 2 N–H and O–H groups in total. The normalized spacial score (nSPS) is 17.4. The Balaban J connectivity index is 0.00000264. The van der Waals surface area contributed by atoms with Gasteiger partial charge in [0.2, 0.25) is 0 Å². The van der Waals surface area contributed by atoms with E-state index < -0.39 is 24.0 Å². The van der Waals surface area contributed by atoms with Gasteiger partial charge in [-0.2, -0.15) is 0 Å². The third-order valence-corrected chi connectivity index (χ3v) is 3.55. The zero-order valence-corrected chi connectivity index (χ0v) is 13.1. The molecule has 1 saturated heterocycles. The second kappa shape index (κ2) is 8.68. The summed E-state index contributed by atoms with van der Waals surface area (Å²) in [5, 5.41) is 12.3. The smallest absolute Gasteiger partial charge is 0.406 e. The molecule has 1 aliphatic rings. The minimum absolute atomic E-state index is 0. The number of piperazine rings is 1. The van der Waals surface area contributed by atoms with Crippen molar-refractivity contribution < 1.29 is 27.4 Å². The van der Waals surface area contributed by atoms with Gasteiger partial charge in [-0.1, -0.05) is 0 Å². The van der Waals surface area contributed by atoms with Gasteiger partial charge in [0.05, 0.1) is 0 Å². The average molecular weight is 359 g/mol. The quantitative estimate of drug-likeness (QED) is 0.794. The maximum absolute atomic E-state index is 14.1. The summed E-state index contributed by atoms with van der Waals surface area (Å²) < 4.78 is 54.8. The first-order chi connectivity index (χ1) is 10.4. The lowest BCUT2D eigenvalue weighted by Crippen LogP contribution is -2.45. The van der Waals surface area contributed by atoms with Crippen LogP contribution in [0.5, 0.6) is 5.75 Å². The summed E-state index contributed by atoms with van der Waals surface area (Å²) in [6.45, 7) is 2.51. The predicted octanol–water partition coefficient (Wildman–Crippen LogP) is 2.47. The van der Waals surface area contributed by atoms with Gasteiger partial charge in [-0.05, 0) is 24.6 Å². The minimum atomic E-state index is -4.82. The lowest BCUT2D eigenvalue weighted by atomic mass is 10.0. The summed E-state index contributed by atoms with van der Waals surface area (Å²) in [4.78, 5) is 1.95. The van der Waals surface area contributed by atoms with Crippen molar-refractivity contribution in [3.05, 3.63) is 29.6 Å². The fourth-order valence-electron chi connectivity index (χ4n) is 2.63. The molecule has 1 aliphatic heterocycles. The highest BCUT2D eigenvalue weighted by Gasteiger charge is 2.32. The van der Waals surface area contributed by atoms with Crippen molar-refractivity contribution in [3.8, 4) is 5.75 Å². The minimum Gasteiger partial charge on any atom is -0.406 e. The molecule has 2 rings (SSSR count). The first-order valence-corrected chi connectivity index (χ1v) is 7.01. The molecule has 0 bridgehead atoms. The van der Waals surface area contributed by atoms with E-state index in [0.717, 1.165) is 18.2 Å². The third-order valence-electron chi connectivity index (χ3n) is 3.55. The SMILES string of the molecule is Cl.OCC[C@H](c1cc(OC(F)(F)F)ccc1F)N1CCNCC1. The molecule has 0 aromatic heterocycles. The lowest BCUT2D eigenvalue weighted by molar-refractivity contribution is -0.274. The molecular weight excluding hydrogens is 340 g/mol. The van der Waals surface area contributed by atoms with Gasteiger partial charge < -0.3 is 15.2 Å². The second-order valence-corrected chi connectivity index (χ2v) is 5.05. The van der Waals surface area contributed by atoms with Gasteiger partial charge in [-0.25, -0.2) is 4.39 Å². The van der Waals surface area contributed by atoms with Gasteiger partial charge >= 0.3 is 6.36 Å². The van der Waals surface area contributed by atoms with E-state index in [1.54, 1.807) is 0 Å². The van der Waals surface area contributed by atoms with Gasteiger partial charge in [0.15, 0.2) is 0 Å². The molecule has 1 aromatic rings. The van der Waals surface area contributed by atoms with Crippen molar-refractivity contribution in [1.82, 2.24) is 10.2 Å².